The van der Waals surface area contributed by atoms with Gasteiger partial charge in [-0.15, -0.1) is 0 Å². The summed E-state index contributed by atoms with van der Waals surface area (Å²) >= 11 is 0. The molecule has 1 aromatic rings. The minimum absolute atomic E-state index is 0.207. The van der Waals surface area contributed by atoms with Gasteiger partial charge in [0.2, 0.25) is 0 Å². The largest absolute Gasteiger partial charge is 0.391 e. The number of nitrogens with zero attached hydrogens (tertiary/aromatic N) is 2. The van der Waals surface area contributed by atoms with Crippen molar-refractivity contribution in [3.63, 3.8) is 0 Å². The van der Waals surface area contributed by atoms with Crippen LogP contribution in [-0.2, 0) is 7.05 Å². The molecule has 2 N–H and O–H groups in total. The molecule has 0 saturated heterocycles. The summed E-state index contributed by atoms with van der Waals surface area (Å²) in [6.45, 7) is 7.68. The fourth-order valence-electron chi connectivity index (χ4n) is 2.18. The Kier molecular flexibility index (Phi) is 4.10. The second-order valence-corrected chi connectivity index (χ2v) is 4.65. The molecule has 1 heterocycles. The topological polar surface area (TPSA) is 58.3 Å². The summed E-state index contributed by atoms with van der Waals surface area (Å²) < 4.78 is 1.86. The predicted octanol–water partition coefficient (Wildman–Crippen LogP) is 1.27. The van der Waals surface area contributed by atoms with Crippen LogP contribution >= 0.6 is 0 Å². The van der Waals surface area contributed by atoms with Gasteiger partial charge in [-0.3, -0.25) is 4.68 Å². The number of rotatable bonds is 4. The highest BCUT2D eigenvalue weighted by Gasteiger charge is 2.21. The van der Waals surface area contributed by atoms with E-state index in [4.69, 9.17) is 0 Å². The standard InChI is InChI=1S/C12H22N2O2/c1-7(6-11(16)10(4)15)12-8(2)13-14(5)9(12)3/h7,10-11,15-16H,6H2,1-5H3. The number of aromatic nitrogens is 2. The van der Waals surface area contributed by atoms with Crippen LogP contribution in [0.15, 0.2) is 0 Å². The Morgan fingerprint density at radius 2 is 1.81 bits per heavy atom. The first-order chi connectivity index (χ1) is 7.34. The molecule has 3 unspecified atom stereocenters. The lowest BCUT2D eigenvalue weighted by Crippen LogP contribution is -2.24. The number of hydrogen-bond acceptors (Lipinski definition) is 3. The van der Waals surface area contributed by atoms with Crippen molar-refractivity contribution in [3.05, 3.63) is 17.0 Å². The molecule has 16 heavy (non-hydrogen) atoms. The number of aryl methyl sites for hydroxylation is 2. The molecule has 92 valence electrons. The van der Waals surface area contributed by atoms with Crippen molar-refractivity contribution < 1.29 is 10.2 Å². The second kappa shape index (κ2) is 4.97. The van der Waals surface area contributed by atoms with E-state index >= 15 is 0 Å². The predicted molar refractivity (Wildman–Crippen MR) is 63.4 cm³/mol. The van der Waals surface area contributed by atoms with E-state index in [-0.39, 0.29) is 5.92 Å². The van der Waals surface area contributed by atoms with Gasteiger partial charge in [-0.05, 0) is 38.7 Å². The van der Waals surface area contributed by atoms with E-state index in [0.717, 1.165) is 11.4 Å². The van der Waals surface area contributed by atoms with Crippen molar-refractivity contribution in [2.75, 3.05) is 0 Å². The molecule has 0 spiro atoms. The lowest BCUT2D eigenvalue weighted by atomic mass is 9.92. The Hall–Kier alpha value is -0.870. The monoisotopic (exact) mass is 226 g/mol. The van der Waals surface area contributed by atoms with E-state index in [2.05, 4.69) is 12.0 Å². The molecule has 1 rings (SSSR count). The molecule has 0 bridgehead atoms. The summed E-state index contributed by atoms with van der Waals surface area (Å²) in [6.07, 6.45) is -0.792. The van der Waals surface area contributed by atoms with Crippen molar-refractivity contribution in [2.45, 2.75) is 52.2 Å². The Bertz CT molecular complexity index is 358. The first-order valence-electron chi connectivity index (χ1n) is 5.70. The number of aliphatic hydroxyl groups excluding tert-OH is 2. The maximum absolute atomic E-state index is 9.67. The molecular weight excluding hydrogens is 204 g/mol. The third-order valence-corrected chi connectivity index (χ3v) is 3.21. The molecule has 0 aliphatic carbocycles. The van der Waals surface area contributed by atoms with Crippen LogP contribution in [0, 0.1) is 13.8 Å². The summed E-state index contributed by atoms with van der Waals surface area (Å²) in [4.78, 5) is 0. The van der Waals surface area contributed by atoms with E-state index in [0.29, 0.717) is 6.42 Å². The van der Waals surface area contributed by atoms with Gasteiger partial charge in [0.05, 0.1) is 17.9 Å². The van der Waals surface area contributed by atoms with Crippen molar-refractivity contribution in [1.82, 2.24) is 9.78 Å². The maximum atomic E-state index is 9.67. The van der Waals surface area contributed by atoms with Crippen molar-refractivity contribution in [2.24, 2.45) is 7.05 Å². The average Bonchev–Trinajstić information content (AvgIpc) is 2.40. The van der Waals surface area contributed by atoms with E-state index < -0.39 is 12.2 Å². The summed E-state index contributed by atoms with van der Waals surface area (Å²) in [7, 11) is 1.92. The Morgan fingerprint density at radius 3 is 2.19 bits per heavy atom. The van der Waals surface area contributed by atoms with Crippen LogP contribution < -0.4 is 0 Å². The van der Waals surface area contributed by atoms with Gasteiger partial charge in [-0.1, -0.05) is 6.92 Å². The lowest BCUT2D eigenvalue weighted by molar-refractivity contribution is 0.0226. The third-order valence-electron chi connectivity index (χ3n) is 3.21. The molecule has 0 fully saturated rings. The normalized spacial score (nSPS) is 17.2. The fraction of sp³-hybridized carbons (Fsp3) is 0.750. The maximum Gasteiger partial charge on any atom is 0.0802 e. The molecular formula is C12H22N2O2. The second-order valence-electron chi connectivity index (χ2n) is 4.65. The number of aliphatic hydroxyl groups is 2. The molecule has 0 aliphatic heterocycles. The van der Waals surface area contributed by atoms with Crippen LogP contribution in [0.2, 0.25) is 0 Å². The lowest BCUT2D eigenvalue weighted by Gasteiger charge is -2.19. The summed E-state index contributed by atoms with van der Waals surface area (Å²) in [5.41, 5.74) is 3.32. The Labute approximate surface area is 96.9 Å². The smallest absolute Gasteiger partial charge is 0.0802 e. The summed E-state index contributed by atoms with van der Waals surface area (Å²) in [6, 6.07) is 0. The quantitative estimate of drug-likeness (QED) is 0.813. The highest BCUT2D eigenvalue weighted by molar-refractivity contribution is 5.28. The average molecular weight is 226 g/mol. The molecule has 3 atom stereocenters. The zero-order chi connectivity index (χ0) is 12.5. The van der Waals surface area contributed by atoms with Crippen LogP contribution in [0.5, 0.6) is 0 Å². The SMILES string of the molecule is Cc1nn(C)c(C)c1C(C)CC(O)C(C)O. The number of hydrogen-bond donors (Lipinski definition) is 2. The first kappa shape index (κ1) is 13.2. The molecule has 0 aromatic carbocycles. The van der Waals surface area contributed by atoms with Gasteiger partial charge in [-0.25, -0.2) is 0 Å². The molecule has 4 nitrogen and oxygen atoms in total. The van der Waals surface area contributed by atoms with Gasteiger partial charge >= 0.3 is 0 Å². The van der Waals surface area contributed by atoms with E-state index in [9.17, 15) is 10.2 Å². The highest BCUT2D eigenvalue weighted by Crippen LogP contribution is 2.27. The molecule has 0 saturated carbocycles. The summed E-state index contributed by atoms with van der Waals surface area (Å²) in [5, 5.41) is 23.3. The van der Waals surface area contributed by atoms with Gasteiger partial charge in [0.15, 0.2) is 0 Å². The molecule has 1 aromatic heterocycles. The van der Waals surface area contributed by atoms with Crippen molar-refractivity contribution >= 4 is 0 Å². The summed E-state index contributed by atoms with van der Waals surface area (Å²) in [5.74, 6) is 0.207. The third kappa shape index (κ3) is 2.62. The highest BCUT2D eigenvalue weighted by atomic mass is 16.3. The minimum atomic E-state index is -0.681. The molecule has 4 heteroatoms. The van der Waals surface area contributed by atoms with Crippen molar-refractivity contribution in [3.8, 4) is 0 Å². The Balaban J connectivity index is 2.84. The zero-order valence-corrected chi connectivity index (χ0v) is 10.7. The minimum Gasteiger partial charge on any atom is -0.391 e. The van der Waals surface area contributed by atoms with Crippen LogP contribution in [0.25, 0.3) is 0 Å². The van der Waals surface area contributed by atoms with Crippen LogP contribution in [-0.4, -0.2) is 32.2 Å². The fourth-order valence-corrected chi connectivity index (χ4v) is 2.18. The van der Waals surface area contributed by atoms with Gasteiger partial charge in [0.1, 0.15) is 0 Å². The Morgan fingerprint density at radius 1 is 1.25 bits per heavy atom. The van der Waals surface area contributed by atoms with Gasteiger partial charge in [0, 0.05) is 12.7 Å². The van der Waals surface area contributed by atoms with Crippen LogP contribution in [0.1, 0.15) is 43.1 Å². The van der Waals surface area contributed by atoms with Gasteiger partial charge < -0.3 is 10.2 Å². The first-order valence-corrected chi connectivity index (χ1v) is 5.70. The molecule has 0 aliphatic rings. The van der Waals surface area contributed by atoms with Crippen LogP contribution in [0.3, 0.4) is 0 Å². The van der Waals surface area contributed by atoms with Crippen LogP contribution in [0.4, 0.5) is 0 Å². The zero-order valence-electron chi connectivity index (χ0n) is 10.7. The van der Waals surface area contributed by atoms with E-state index in [1.54, 1.807) is 6.92 Å². The van der Waals surface area contributed by atoms with E-state index in [1.165, 1.54) is 5.56 Å². The van der Waals surface area contributed by atoms with Gasteiger partial charge in [0.25, 0.3) is 0 Å². The van der Waals surface area contributed by atoms with E-state index in [1.807, 2.05) is 25.6 Å². The molecule has 0 amide bonds. The molecule has 0 radical (unpaired) electrons. The van der Waals surface area contributed by atoms with Crippen molar-refractivity contribution in [1.29, 1.82) is 0 Å². The van der Waals surface area contributed by atoms with Gasteiger partial charge in [-0.2, -0.15) is 5.10 Å².